The highest BCUT2D eigenvalue weighted by molar-refractivity contribution is 6.33. The van der Waals surface area contributed by atoms with Crippen molar-refractivity contribution in [2.45, 2.75) is 58.0 Å². The van der Waals surface area contributed by atoms with Crippen LogP contribution in [-0.4, -0.2) is 23.7 Å². The summed E-state index contributed by atoms with van der Waals surface area (Å²) >= 11 is 13.3. The molecule has 2 atom stereocenters. The molecule has 1 N–H and O–H groups in total. The first-order valence-electron chi connectivity index (χ1n) is 12.9. The Morgan fingerprint density at radius 2 is 1.82 bits per heavy atom. The molecule has 5 nitrogen and oxygen atoms in total. The van der Waals surface area contributed by atoms with Crippen LogP contribution < -0.4 is 4.74 Å². The first-order chi connectivity index (χ1) is 18.7. The summed E-state index contributed by atoms with van der Waals surface area (Å²) in [5.41, 5.74) is 6.45. The van der Waals surface area contributed by atoms with E-state index in [1.165, 1.54) is 5.56 Å². The quantitative estimate of drug-likeness (QED) is 0.217. The molecule has 1 saturated carbocycles. The molecule has 0 spiro atoms. The second-order valence-electron chi connectivity index (χ2n) is 10.3. The van der Waals surface area contributed by atoms with E-state index in [4.69, 9.17) is 37.6 Å². The van der Waals surface area contributed by atoms with Crippen molar-refractivity contribution in [3.63, 3.8) is 0 Å². The van der Waals surface area contributed by atoms with Gasteiger partial charge in [-0.05, 0) is 54.2 Å². The van der Waals surface area contributed by atoms with Crippen LogP contribution in [0.15, 0.2) is 65.2 Å². The number of aryl methyl sites for hydroxylation is 1. The van der Waals surface area contributed by atoms with Crippen LogP contribution in [0.2, 0.25) is 10.0 Å². The molecule has 0 amide bonds. The number of carbonyl (C=O) groups is 1. The fraction of sp³-hybridized carbons (Fsp3) is 0.312. The summed E-state index contributed by atoms with van der Waals surface area (Å²) in [6.07, 6.45) is 1.88. The Hall–Kier alpha value is -3.12. The molecule has 1 aromatic heterocycles. The zero-order valence-electron chi connectivity index (χ0n) is 22.8. The van der Waals surface area contributed by atoms with Crippen molar-refractivity contribution in [2.75, 3.05) is 7.11 Å². The number of nitrogens with zero attached hydrogens (tertiary/aromatic N) is 1. The van der Waals surface area contributed by atoms with Gasteiger partial charge < -0.3 is 14.4 Å². The molecule has 1 aliphatic carbocycles. The van der Waals surface area contributed by atoms with Crippen LogP contribution in [0.1, 0.15) is 77.4 Å². The number of aromatic nitrogens is 1. The summed E-state index contributed by atoms with van der Waals surface area (Å²) in [4.78, 5) is 11.0. The van der Waals surface area contributed by atoms with Gasteiger partial charge in [-0.3, -0.25) is 4.79 Å². The van der Waals surface area contributed by atoms with E-state index in [0.29, 0.717) is 33.0 Å². The van der Waals surface area contributed by atoms with E-state index < -0.39 is 0 Å². The molecule has 0 radical (unpaired) electrons. The number of carbonyl (C=O) groups excluding carboxylic acids is 1. The molecule has 3 aromatic carbocycles. The number of benzene rings is 3. The maximum Gasteiger partial charge on any atom is 0.150 e. The largest absolute Gasteiger partial charge is 0.489 e. The number of halogens is 2. The minimum Gasteiger partial charge on any atom is -0.489 e. The van der Waals surface area contributed by atoms with Crippen molar-refractivity contribution >= 4 is 29.5 Å². The zero-order chi connectivity index (χ0) is 28.3. The Labute approximate surface area is 239 Å². The summed E-state index contributed by atoms with van der Waals surface area (Å²) in [5.74, 6) is 1.97. The lowest BCUT2D eigenvalue weighted by Crippen LogP contribution is -2.06. The second-order valence-corrected chi connectivity index (χ2v) is 11.2. The molecule has 7 heteroatoms. The molecule has 1 heterocycles. The normalized spacial score (nSPS) is 17.9. The molecule has 204 valence electrons. The smallest absolute Gasteiger partial charge is 0.150 e. The van der Waals surface area contributed by atoms with Crippen LogP contribution >= 0.6 is 23.2 Å². The topological polar surface area (TPSA) is 72.6 Å². The van der Waals surface area contributed by atoms with E-state index in [2.05, 4.69) is 32.0 Å². The van der Waals surface area contributed by atoms with E-state index in [-0.39, 0.29) is 17.9 Å². The fourth-order valence-electron chi connectivity index (χ4n) is 5.20. The number of hydrogen-bond acceptors (Lipinski definition) is 5. The molecule has 39 heavy (non-hydrogen) atoms. The van der Waals surface area contributed by atoms with Crippen LogP contribution in [0.3, 0.4) is 0 Å². The van der Waals surface area contributed by atoms with Crippen molar-refractivity contribution in [3.05, 3.63) is 104 Å². The van der Waals surface area contributed by atoms with Gasteiger partial charge in [0.05, 0.1) is 10.6 Å². The molecule has 0 bridgehead atoms. The molecule has 1 fully saturated rings. The minimum atomic E-state index is -0.0493. The van der Waals surface area contributed by atoms with Gasteiger partial charge in [0, 0.05) is 34.6 Å². The Bertz CT molecular complexity index is 1440. The van der Waals surface area contributed by atoms with Gasteiger partial charge in [-0.2, -0.15) is 0 Å². The molecule has 1 aliphatic rings. The Kier molecular flexibility index (Phi) is 8.85. The molecule has 5 rings (SSSR count). The van der Waals surface area contributed by atoms with Crippen LogP contribution in [0.4, 0.5) is 0 Å². The van der Waals surface area contributed by atoms with E-state index in [1.807, 2.05) is 61.5 Å². The van der Waals surface area contributed by atoms with E-state index in [0.717, 1.165) is 47.8 Å². The Morgan fingerprint density at radius 1 is 1.10 bits per heavy atom. The van der Waals surface area contributed by atoms with Gasteiger partial charge in [0.1, 0.15) is 30.1 Å². The molecular weight excluding hydrogens is 533 g/mol. The molecule has 0 aliphatic heterocycles. The monoisotopic (exact) mass is 565 g/mol. The summed E-state index contributed by atoms with van der Waals surface area (Å²) < 4.78 is 12.0. The Balaban J connectivity index is 0.00000172. The number of aliphatic hydroxyl groups excluding tert-OH is 1. The van der Waals surface area contributed by atoms with Gasteiger partial charge in [-0.1, -0.05) is 91.6 Å². The van der Waals surface area contributed by atoms with E-state index in [1.54, 1.807) is 0 Å². The maximum absolute atomic E-state index is 11.0. The number of aldehydes is 1. The van der Waals surface area contributed by atoms with Crippen LogP contribution in [0, 0.1) is 6.92 Å². The molecule has 2 unspecified atom stereocenters. The first kappa shape index (κ1) is 28.9. The van der Waals surface area contributed by atoms with Crippen molar-refractivity contribution in [1.29, 1.82) is 0 Å². The van der Waals surface area contributed by atoms with E-state index in [9.17, 15) is 4.79 Å². The average molecular weight is 567 g/mol. The SMILES string of the molecule is CO.Cc1cccc(Cl)c1-c1noc(C(C)C)c1COc1ccc(C2(C)CC2c2ccc(C=O)cc2)c(Cl)c1. The predicted molar refractivity (Wildman–Crippen MR) is 156 cm³/mol. The van der Waals surface area contributed by atoms with Gasteiger partial charge in [-0.15, -0.1) is 0 Å². The molecule has 4 aromatic rings. The second kappa shape index (κ2) is 12.0. The fourth-order valence-corrected chi connectivity index (χ4v) is 5.90. The van der Waals surface area contributed by atoms with Gasteiger partial charge >= 0.3 is 0 Å². The number of ether oxygens (including phenoxy) is 1. The lowest BCUT2D eigenvalue weighted by atomic mass is 9.92. The lowest BCUT2D eigenvalue weighted by molar-refractivity contribution is 0.112. The summed E-state index contributed by atoms with van der Waals surface area (Å²) in [6, 6.07) is 19.5. The average Bonchev–Trinajstić information content (AvgIpc) is 3.44. The van der Waals surface area contributed by atoms with Crippen molar-refractivity contribution in [1.82, 2.24) is 5.16 Å². The van der Waals surface area contributed by atoms with Crippen molar-refractivity contribution < 1.29 is 19.2 Å². The van der Waals surface area contributed by atoms with E-state index >= 15 is 0 Å². The minimum absolute atomic E-state index is 0.0493. The zero-order valence-corrected chi connectivity index (χ0v) is 24.3. The van der Waals surface area contributed by atoms with Crippen molar-refractivity contribution in [2.24, 2.45) is 0 Å². The third-order valence-corrected chi connectivity index (χ3v) is 8.08. The van der Waals surface area contributed by atoms with Crippen LogP contribution in [-0.2, 0) is 12.0 Å². The van der Waals surface area contributed by atoms with Crippen LogP contribution in [0.25, 0.3) is 11.3 Å². The Morgan fingerprint density at radius 3 is 2.44 bits per heavy atom. The standard InChI is InChI=1S/C31H29Cl2NO3.CH4O/c1-18(2)30-23(29(34-37-30)28-19(3)6-5-7-26(28)32)17-36-22-12-13-24(27(33)14-22)31(4)15-25(31)21-10-8-20(16-35)9-11-21;1-2/h5-14,16,18,25H,15,17H2,1-4H3;2H,1H3. The number of rotatable bonds is 8. The van der Waals surface area contributed by atoms with Gasteiger partial charge in [-0.25, -0.2) is 0 Å². The third-order valence-electron chi connectivity index (χ3n) is 7.45. The summed E-state index contributed by atoms with van der Waals surface area (Å²) in [7, 11) is 1.00. The maximum atomic E-state index is 11.0. The highest BCUT2D eigenvalue weighted by Gasteiger charge is 2.52. The summed E-state index contributed by atoms with van der Waals surface area (Å²) in [5, 5.41) is 12.7. The number of hydrogen-bond donors (Lipinski definition) is 1. The lowest BCUT2D eigenvalue weighted by Gasteiger charge is -2.16. The number of aliphatic hydroxyl groups is 1. The van der Waals surface area contributed by atoms with Gasteiger partial charge in [0.2, 0.25) is 0 Å². The first-order valence-corrected chi connectivity index (χ1v) is 13.6. The third kappa shape index (κ3) is 5.76. The highest BCUT2D eigenvalue weighted by atomic mass is 35.5. The molecular formula is C32H33Cl2NO4. The summed E-state index contributed by atoms with van der Waals surface area (Å²) in [6.45, 7) is 8.67. The predicted octanol–water partition coefficient (Wildman–Crippen LogP) is 8.53. The van der Waals surface area contributed by atoms with Crippen LogP contribution in [0.5, 0.6) is 5.75 Å². The van der Waals surface area contributed by atoms with Crippen molar-refractivity contribution in [3.8, 4) is 17.0 Å². The van der Waals surface area contributed by atoms with Gasteiger partial charge in [0.25, 0.3) is 0 Å². The van der Waals surface area contributed by atoms with Gasteiger partial charge in [0.15, 0.2) is 0 Å². The highest BCUT2D eigenvalue weighted by Crippen LogP contribution is 2.61. The molecule has 0 saturated heterocycles.